The fourth-order valence-corrected chi connectivity index (χ4v) is 3.44. The molecule has 4 rings (SSSR count). The summed E-state index contributed by atoms with van der Waals surface area (Å²) in [6, 6.07) is 20.9. The summed E-state index contributed by atoms with van der Waals surface area (Å²) in [6.07, 6.45) is 0. The predicted molar refractivity (Wildman–Crippen MR) is 113 cm³/mol. The van der Waals surface area contributed by atoms with Crippen LogP contribution in [0.15, 0.2) is 71.9 Å². The van der Waals surface area contributed by atoms with Crippen LogP contribution in [0, 0.1) is 0 Å². The van der Waals surface area contributed by atoms with Crippen LogP contribution in [0.25, 0.3) is 16.9 Å². The van der Waals surface area contributed by atoms with E-state index in [1.807, 2.05) is 73.7 Å². The number of ether oxygens (including phenoxy) is 1. The SMILES string of the molecule is CCOc1ccc(NC(=O)CSc2nnc3ccc(-c4ccccc4)nn23)cc1. The number of anilines is 1. The number of hydrogen-bond acceptors (Lipinski definition) is 6. The Morgan fingerprint density at radius 2 is 1.83 bits per heavy atom. The van der Waals surface area contributed by atoms with Crippen molar-refractivity contribution < 1.29 is 9.53 Å². The van der Waals surface area contributed by atoms with Gasteiger partial charge < -0.3 is 10.1 Å². The van der Waals surface area contributed by atoms with Crippen LogP contribution in [-0.4, -0.2) is 38.1 Å². The molecule has 29 heavy (non-hydrogen) atoms. The van der Waals surface area contributed by atoms with E-state index in [9.17, 15) is 4.79 Å². The highest BCUT2D eigenvalue weighted by molar-refractivity contribution is 7.99. The Morgan fingerprint density at radius 3 is 2.59 bits per heavy atom. The van der Waals surface area contributed by atoms with Crippen molar-refractivity contribution in [1.29, 1.82) is 0 Å². The fraction of sp³-hybridized carbons (Fsp3) is 0.143. The van der Waals surface area contributed by atoms with Crippen LogP contribution in [0.1, 0.15) is 6.92 Å². The monoisotopic (exact) mass is 405 g/mol. The van der Waals surface area contributed by atoms with Crippen LogP contribution >= 0.6 is 11.8 Å². The smallest absolute Gasteiger partial charge is 0.234 e. The summed E-state index contributed by atoms with van der Waals surface area (Å²) in [5.74, 6) is 0.843. The van der Waals surface area contributed by atoms with Crippen LogP contribution in [0.3, 0.4) is 0 Å². The minimum absolute atomic E-state index is 0.130. The van der Waals surface area contributed by atoms with Crippen molar-refractivity contribution in [3.05, 3.63) is 66.7 Å². The number of carbonyl (C=O) groups excluding carboxylic acids is 1. The maximum Gasteiger partial charge on any atom is 0.234 e. The second kappa shape index (κ2) is 8.74. The van der Waals surface area contributed by atoms with E-state index in [0.717, 1.165) is 22.7 Å². The minimum Gasteiger partial charge on any atom is -0.494 e. The quantitative estimate of drug-likeness (QED) is 0.469. The number of aromatic nitrogens is 4. The summed E-state index contributed by atoms with van der Waals surface area (Å²) in [6.45, 7) is 2.54. The average Bonchev–Trinajstić information content (AvgIpc) is 3.17. The summed E-state index contributed by atoms with van der Waals surface area (Å²) in [7, 11) is 0. The molecule has 0 atom stereocenters. The third-order valence-corrected chi connectivity index (χ3v) is 5.00. The van der Waals surface area contributed by atoms with Gasteiger partial charge in [0.15, 0.2) is 5.65 Å². The highest BCUT2D eigenvalue weighted by Gasteiger charge is 2.12. The Labute approximate surface area is 172 Å². The largest absolute Gasteiger partial charge is 0.494 e. The van der Waals surface area contributed by atoms with E-state index in [-0.39, 0.29) is 11.7 Å². The Kier molecular flexibility index (Phi) is 5.71. The lowest BCUT2D eigenvalue weighted by Gasteiger charge is -2.07. The first-order valence-electron chi connectivity index (χ1n) is 9.16. The molecule has 0 bridgehead atoms. The van der Waals surface area contributed by atoms with Crippen molar-refractivity contribution in [3.63, 3.8) is 0 Å². The zero-order valence-corrected chi connectivity index (χ0v) is 16.6. The molecule has 2 heterocycles. The molecule has 0 aliphatic rings. The van der Waals surface area contributed by atoms with Crippen LogP contribution in [0.5, 0.6) is 5.75 Å². The van der Waals surface area contributed by atoms with Crippen molar-refractivity contribution in [2.75, 3.05) is 17.7 Å². The van der Waals surface area contributed by atoms with Crippen LogP contribution in [0.4, 0.5) is 5.69 Å². The lowest BCUT2D eigenvalue weighted by atomic mass is 10.1. The Hall–Kier alpha value is -3.39. The van der Waals surface area contributed by atoms with Gasteiger partial charge in [-0.15, -0.1) is 10.2 Å². The summed E-state index contributed by atoms with van der Waals surface area (Å²) in [5.41, 5.74) is 3.18. The van der Waals surface area contributed by atoms with Crippen LogP contribution in [-0.2, 0) is 4.79 Å². The molecular weight excluding hydrogens is 386 g/mol. The van der Waals surface area contributed by atoms with Gasteiger partial charge in [-0.2, -0.15) is 9.61 Å². The molecule has 0 aliphatic carbocycles. The minimum atomic E-state index is -0.130. The molecule has 0 saturated heterocycles. The van der Waals surface area contributed by atoms with Gasteiger partial charge in [0.2, 0.25) is 11.1 Å². The van der Waals surface area contributed by atoms with Crippen molar-refractivity contribution in [2.24, 2.45) is 0 Å². The molecule has 2 aromatic carbocycles. The normalized spacial score (nSPS) is 10.8. The molecule has 8 heteroatoms. The van der Waals surface area contributed by atoms with E-state index < -0.39 is 0 Å². The molecule has 0 radical (unpaired) electrons. The third-order valence-electron chi connectivity index (χ3n) is 4.09. The zero-order valence-electron chi connectivity index (χ0n) is 15.8. The Balaban J connectivity index is 1.43. The van der Waals surface area contributed by atoms with Crippen molar-refractivity contribution in [3.8, 4) is 17.0 Å². The first kappa shape index (κ1) is 18.9. The highest BCUT2D eigenvalue weighted by atomic mass is 32.2. The highest BCUT2D eigenvalue weighted by Crippen LogP contribution is 2.21. The lowest BCUT2D eigenvalue weighted by Crippen LogP contribution is -2.14. The lowest BCUT2D eigenvalue weighted by molar-refractivity contribution is -0.113. The molecular formula is C21H19N5O2S. The number of rotatable bonds is 7. The fourth-order valence-electron chi connectivity index (χ4n) is 2.75. The number of fused-ring (bicyclic) bond motifs is 1. The maximum atomic E-state index is 12.3. The van der Waals surface area contributed by atoms with Crippen LogP contribution < -0.4 is 10.1 Å². The standard InChI is InChI=1S/C21H19N5O2S/c1-2-28-17-10-8-16(9-11-17)22-20(27)14-29-21-24-23-19-13-12-18(25-26(19)21)15-6-4-3-5-7-15/h3-13H,2,14H2,1H3,(H,22,27). The number of hydrogen-bond donors (Lipinski definition) is 1. The summed E-state index contributed by atoms with van der Waals surface area (Å²) in [5, 5.41) is 16.3. The first-order chi connectivity index (χ1) is 14.2. The summed E-state index contributed by atoms with van der Waals surface area (Å²) in [4.78, 5) is 12.3. The topological polar surface area (TPSA) is 81.4 Å². The molecule has 0 aliphatic heterocycles. The van der Waals surface area contributed by atoms with Gasteiger partial charge >= 0.3 is 0 Å². The maximum absolute atomic E-state index is 12.3. The molecule has 0 saturated carbocycles. The molecule has 2 aromatic heterocycles. The van der Waals surface area contributed by atoms with Gasteiger partial charge in [-0.05, 0) is 43.3 Å². The molecule has 0 fully saturated rings. The zero-order chi connectivity index (χ0) is 20.1. The number of amides is 1. The van der Waals surface area contributed by atoms with E-state index in [4.69, 9.17) is 4.74 Å². The second-order valence-electron chi connectivity index (χ2n) is 6.13. The van der Waals surface area contributed by atoms with Gasteiger partial charge in [-0.1, -0.05) is 42.1 Å². The van der Waals surface area contributed by atoms with Crippen LogP contribution in [0.2, 0.25) is 0 Å². The van der Waals surface area contributed by atoms with E-state index >= 15 is 0 Å². The van der Waals surface area contributed by atoms with Gasteiger partial charge in [0, 0.05) is 11.3 Å². The number of nitrogens with zero attached hydrogens (tertiary/aromatic N) is 4. The second-order valence-corrected chi connectivity index (χ2v) is 7.07. The molecule has 1 N–H and O–H groups in total. The number of nitrogens with one attached hydrogen (secondary N) is 1. The number of thioether (sulfide) groups is 1. The van der Waals surface area contributed by atoms with Crippen molar-refractivity contribution >= 4 is 29.0 Å². The van der Waals surface area contributed by atoms with Gasteiger partial charge in [0.25, 0.3) is 0 Å². The van der Waals surface area contributed by atoms with E-state index in [1.54, 1.807) is 4.52 Å². The number of carbonyl (C=O) groups is 1. The summed E-state index contributed by atoms with van der Waals surface area (Å²) >= 11 is 1.29. The molecule has 7 nitrogen and oxygen atoms in total. The van der Waals surface area contributed by atoms with Crippen molar-refractivity contribution in [1.82, 2.24) is 19.8 Å². The van der Waals surface area contributed by atoms with Gasteiger partial charge in [-0.3, -0.25) is 4.79 Å². The Bertz CT molecular complexity index is 1110. The van der Waals surface area contributed by atoms with Gasteiger partial charge in [-0.25, -0.2) is 0 Å². The first-order valence-corrected chi connectivity index (χ1v) is 10.1. The van der Waals surface area contributed by atoms with E-state index in [1.165, 1.54) is 11.8 Å². The molecule has 4 aromatic rings. The molecule has 146 valence electrons. The third kappa shape index (κ3) is 4.55. The molecule has 1 amide bonds. The molecule has 0 unspecified atom stereocenters. The predicted octanol–water partition coefficient (Wildman–Crippen LogP) is 3.92. The number of benzene rings is 2. The van der Waals surface area contributed by atoms with Gasteiger partial charge in [0.1, 0.15) is 5.75 Å². The van der Waals surface area contributed by atoms with E-state index in [0.29, 0.717) is 17.4 Å². The van der Waals surface area contributed by atoms with Gasteiger partial charge in [0.05, 0.1) is 18.1 Å². The Morgan fingerprint density at radius 1 is 1.03 bits per heavy atom. The molecule has 0 spiro atoms. The van der Waals surface area contributed by atoms with E-state index in [2.05, 4.69) is 20.6 Å². The average molecular weight is 405 g/mol. The van der Waals surface area contributed by atoms with Crippen molar-refractivity contribution in [2.45, 2.75) is 12.1 Å². The summed E-state index contributed by atoms with van der Waals surface area (Å²) < 4.78 is 7.07.